The van der Waals surface area contributed by atoms with Gasteiger partial charge in [0.05, 0.1) is 18.4 Å². The summed E-state index contributed by atoms with van der Waals surface area (Å²) in [6.07, 6.45) is 7.92. The van der Waals surface area contributed by atoms with Gasteiger partial charge in [-0.25, -0.2) is 0 Å². The van der Waals surface area contributed by atoms with E-state index in [0.29, 0.717) is 6.54 Å². The van der Waals surface area contributed by atoms with E-state index in [9.17, 15) is 0 Å². The van der Waals surface area contributed by atoms with E-state index in [0.717, 1.165) is 23.8 Å². The van der Waals surface area contributed by atoms with Gasteiger partial charge in [0.2, 0.25) is 0 Å². The summed E-state index contributed by atoms with van der Waals surface area (Å²) in [5.74, 6) is 0.835. The van der Waals surface area contributed by atoms with Crippen LogP contribution < -0.4 is 5.32 Å². The summed E-state index contributed by atoms with van der Waals surface area (Å²) in [7, 11) is 0. The van der Waals surface area contributed by atoms with Gasteiger partial charge in [0.15, 0.2) is 0 Å². The first kappa shape index (κ1) is 15.0. The summed E-state index contributed by atoms with van der Waals surface area (Å²) in [5, 5.41) is 3.38. The number of benzene rings is 1. The van der Waals surface area contributed by atoms with Gasteiger partial charge in [0, 0.05) is 31.2 Å². The maximum atomic E-state index is 4.26. The molecular formula is C18H24N4. The fraction of sp³-hybridized carbons (Fsp3) is 0.444. The van der Waals surface area contributed by atoms with Crippen molar-refractivity contribution in [2.75, 3.05) is 18.4 Å². The van der Waals surface area contributed by atoms with Gasteiger partial charge in [-0.3, -0.25) is 14.9 Å². The normalized spacial score (nSPS) is 19.0. The third kappa shape index (κ3) is 4.28. The van der Waals surface area contributed by atoms with Crippen molar-refractivity contribution in [2.24, 2.45) is 5.92 Å². The molecule has 4 nitrogen and oxygen atoms in total. The Kier molecular flexibility index (Phi) is 5.01. The van der Waals surface area contributed by atoms with Crippen LogP contribution in [-0.2, 0) is 13.1 Å². The van der Waals surface area contributed by atoms with Crippen LogP contribution in [0.25, 0.3) is 0 Å². The molecule has 2 aromatic rings. The molecule has 0 aliphatic carbocycles. The first-order valence-electron chi connectivity index (χ1n) is 8.09. The topological polar surface area (TPSA) is 41.0 Å². The van der Waals surface area contributed by atoms with E-state index >= 15 is 0 Å². The zero-order valence-electron chi connectivity index (χ0n) is 13.2. The van der Waals surface area contributed by atoms with Crippen LogP contribution in [-0.4, -0.2) is 28.0 Å². The molecule has 0 radical (unpaired) electrons. The lowest BCUT2D eigenvalue weighted by atomic mass is 10.00. The first-order chi connectivity index (χ1) is 10.8. The fourth-order valence-electron chi connectivity index (χ4n) is 3.03. The molecule has 0 saturated carbocycles. The van der Waals surface area contributed by atoms with Crippen molar-refractivity contribution in [1.82, 2.24) is 14.9 Å². The average molecular weight is 296 g/mol. The molecule has 4 heteroatoms. The SMILES string of the molecule is CC1CCCN(Cc2ccc(NCc3cnccn3)cc2)C1. The molecule has 116 valence electrons. The van der Waals surface area contributed by atoms with Crippen LogP contribution in [0.2, 0.25) is 0 Å². The highest BCUT2D eigenvalue weighted by Gasteiger charge is 2.15. The second-order valence-corrected chi connectivity index (χ2v) is 6.23. The summed E-state index contributed by atoms with van der Waals surface area (Å²) in [6, 6.07) is 8.74. The Hall–Kier alpha value is -1.94. The molecule has 1 N–H and O–H groups in total. The van der Waals surface area contributed by atoms with Gasteiger partial charge >= 0.3 is 0 Å². The molecule has 0 amide bonds. The van der Waals surface area contributed by atoms with E-state index in [1.165, 1.54) is 31.5 Å². The van der Waals surface area contributed by atoms with Gasteiger partial charge in [0.25, 0.3) is 0 Å². The number of hydrogen-bond donors (Lipinski definition) is 1. The molecule has 1 aliphatic heterocycles. The number of aromatic nitrogens is 2. The average Bonchev–Trinajstić information content (AvgIpc) is 2.55. The number of hydrogen-bond acceptors (Lipinski definition) is 4. The van der Waals surface area contributed by atoms with Gasteiger partial charge in [-0.1, -0.05) is 19.1 Å². The minimum Gasteiger partial charge on any atom is -0.379 e. The lowest BCUT2D eigenvalue weighted by molar-refractivity contribution is 0.176. The van der Waals surface area contributed by atoms with Gasteiger partial charge in [-0.2, -0.15) is 0 Å². The van der Waals surface area contributed by atoms with E-state index in [4.69, 9.17) is 0 Å². The summed E-state index contributed by atoms with van der Waals surface area (Å²) >= 11 is 0. The Morgan fingerprint density at radius 2 is 2.09 bits per heavy atom. The van der Waals surface area contributed by atoms with Crippen LogP contribution in [0.1, 0.15) is 31.0 Å². The highest BCUT2D eigenvalue weighted by atomic mass is 15.1. The number of rotatable bonds is 5. The van der Waals surface area contributed by atoms with E-state index in [1.807, 2.05) is 0 Å². The minimum absolute atomic E-state index is 0.705. The summed E-state index contributed by atoms with van der Waals surface area (Å²) in [5.41, 5.74) is 3.47. The number of likely N-dealkylation sites (tertiary alicyclic amines) is 1. The lowest BCUT2D eigenvalue weighted by Crippen LogP contribution is -2.33. The van der Waals surface area contributed by atoms with Crippen LogP contribution in [0.3, 0.4) is 0 Å². The maximum Gasteiger partial charge on any atom is 0.0777 e. The van der Waals surface area contributed by atoms with Crippen molar-refractivity contribution in [2.45, 2.75) is 32.9 Å². The smallest absolute Gasteiger partial charge is 0.0777 e. The molecule has 3 rings (SSSR count). The Balaban J connectivity index is 1.51. The first-order valence-corrected chi connectivity index (χ1v) is 8.09. The van der Waals surface area contributed by atoms with E-state index in [-0.39, 0.29) is 0 Å². The third-order valence-corrected chi connectivity index (χ3v) is 4.19. The van der Waals surface area contributed by atoms with Crippen molar-refractivity contribution in [1.29, 1.82) is 0 Å². The van der Waals surface area contributed by atoms with Gasteiger partial charge in [-0.05, 0) is 43.0 Å². The van der Waals surface area contributed by atoms with Crippen molar-refractivity contribution in [3.05, 3.63) is 54.1 Å². The second kappa shape index (κ2) is 7.36. The molecule has 1 aromatic carbocycles. The van der Waals surface area contributed by atoms with Crippen molar-refractivity contribution >= 4 is 5.69 Å². The van der Waals surface area contributed by atoms with Crippen molar-refractivity contribution in [3.63, 3.8) is 0 Å². The minimum atomic E-state index is 0.705. The van der Waals surface area contributed by atoms with Crippen LogP contribution in [0, 0.1) is 5.92 Å². The zero-order valence-corrected chi connectivity index (χ0v) is 13.2. The lowest BCUT2D eigenvalue weighted by Gasteiger charge is -2.30. The summed E-state index contributed by atoms with van der Waals surface area (Å²) in [6.45, 7) is 6.58. The van der Waals surface area contributed by atoms with Crippen LogP contribution in [0.5, 0.6) is 0 Å². The van der Waals surface area contributed by atoms with E-state index in [2.05, 4.69) is 51.4 Å². The number of anilines is 1. The Labute approximate surface area is 132 Å². The molecule has 1 aliphatic rings. The van der Waals surface area contributed by atoms with Gasteiger partial charge < -0.3 is 5.32 Å². The predicted octanol–water partition coefficient (Wildman–Crippen LogP) is 3.32. The molecule has 1 atom stereocenters. The molecule has 0 bridgehead atoms. The number of nitrogens with zero attached hydrogens (tertiary/aromatic N) is 3. The number of piperidine rings is 1. The second-order valence-electron chi connectivity index (χ2n) is 6.23. The largest absolute Gasteiger partial charge is 0.379 e. The van der Waals surface area contributed by atoms with Crippen LogP contribution in [0.4, 0.5) is 5.69 Å². The molecule has 0 spiro atoms. The van der Waals surface area contributed by atoms with Crippen LogP contribution >= 0.6 is 0 Å². The van der Waals surface area contributed by atoms with Gasteiger partial charge in [0.1, 0.15) is 0 Å². The van der Waals surface area contributed by atoms with Crippen molar-refractivity contribution < 1.29 is 0 Å². The molecule has 2 heterocycles. The molecule has 1 saturated heterocycles. The predicted molar refractivity (Wildman–Crippen MR) is 89.5 cm³/mol. The highest BCUT2D eigenvalue weighted by Crippen LogP contribution is 2.18. The van der Waals surface area contributed by atoms with E-state index < -0.39 is 0 Å². The summed E-state index contributed by atoms with van der Waals surface area (Å²) < 4.78 is 0. The molecule has 1 aromatic heterocycles. The summed E-state index contributed by atoms with van der Waals surface area (Å²) in [4.78, 5) is 10.9. The quantitative estimate of drug-likeness (QED) is 0.919. The fourth-order valence-corrected chi connectivity index (χ4v) is 3.03. The standard InChI is InChI=1S/C18H24N4/c1-15-3-2-10-22(13-15)14-16-4-6-17(7-5-16)21-12-18-11-19-8-9-20-18/h4-9,11,15,21H,2-3,10,12-14H2,1H3. The Morgan fingerprint density at radius 1 is 1.23 bits per heavy atom. The van der Waals surface area contributed by atoms with Crippen LogP contribution in [0.15, 0.2) is 42.9 Å². The van der Waals surface area contributed by atoms with Crippen molar-refractivity contribution in [3.8, 4) is 0 Å². The Morgan fingerprint density at radius 3 is 2.82 bits per heavy atom. The molecule has 1 unspecified atom stereocenters. The van der Waals surface area contributed by atoms with Gasteiger partial charge in [-0.15, -0.1) is 0 Å². The van der Waals surface area contributed by atoms with E-state index in [1.54, 1.807) is 18.6 Å². The maximum absolute atomic E-state index is 4.26. The number of nitrogens with one attached hydrogen (secondary N) is 1. The Bertz CT molecular complexity index is 567. The molecule has 1 fully saturated rings. The third-order valence-electron chi connectivity index (χ3n) is 4.19. The molecule has 22 heavy (non-hydrogen) atoms. The molecular weight excluding hydrogens is 272 g/mol. The monoisotopic (exact) mass is 296 g/mol. The highest BCUT2D eigenvalue weighted by molar-refractivity contribution is 5.44. The zero-order chi connectivity index (χ0) is 15.2.